The summed E-state index contributed by atoms with van der Waals surface area (Å²) in [4.78, 5) is 16.5. The molecule has 1 unspecified atom stereocenters. The minimum absolute atomic E-state index is 0.268. The molecule has 17 heavy (non-hydrogen) atoms. The van der Waals surface area contributed by atoms with Crippen molar-refractivity contribution in [3.63, 3.8) is 0 Å². The van der Waals surface area contributed by atoms with E-state index in [0.29, 0.717) is 18.9 Å². The van der Waals surface area contributed by atoms with E-state index >= 15 is 0 Å². The van der Waals surface area contributed by atoms with Crippen molar-refractivity contribution in [2.45, 2.75) is 45.4 Å². The lowest BCUT2D eigenvalue weighted by Crippen LogP contribution is -2.31. The average Bonchev–Trinajstić information content (AvgIpc) is 2.50. The molecule has 1 saturated heterocycles. The average molecular weight is 238 g/mol. The summed E-state index contributed by atoms with van der Waals surface area (Å²) in [5.41, 5.74) is 8.17. The van der Waals surface area contributed by atoms with E-state index in [1.807, 2.05) is 4.90 Å². The first-order valence-electron chi connectivity index (χ1n) is 6.56. The highest BCUT2D eigenvalue weighted by Gasteiger charge is 2.21. The fourth-order valence-corrected chi connectivity index (χ4v) is 2.40. The maximum Gasteiger partial charge on any atom is 0.222 e. The Balaban J connectivity index is 2.33. The maximum absolute atomic E-state index is 11.9. The molecule has 1 aliphatic rings. The van der Waals surface area contributed by atoms with Crippen molar-refractivity contribution < 1.29 is 4.79 Å². The Kier molecular flexibility index (Phi) is 6.48. The van der Waals surface area contributed by atoms with Crippen molar-refractivity contribution in [1.82, 2.24) is 4.90 Å². The quantitative estimate of drug-likeness (QED) is 0.303. The van der Waals surface area contributed by atoms with Crippen LogP contribution in [0.15, 0.2) is 5.11 Å². The molecule has 96 valence electrons. The molecular weight excluding hydrogens is 216 g/mol. The summed E-state index contributed by atoms with van der Waals surface area (Å²) in [5.74, 6) is 0.982. The summed E-state index contributed by atoms with van der Waals surface area (Å²) in [7, 11) is 0. The molecule has 0 N–H and O–H groups in total. The van der Waals surface area contributed by atoms with Crippen LogP contribution >= 0.6 is 0 Å². The third-order valence-electron chi connectivity index (χ3n) is 3.37. The largest absolute Gasteiger partial charge is 0.343 e. The molecule has 0 aromatic heterocycles. The molecule has 1 atom stereocenters. The second-order valence-electron chi connectivity index (χ2n) is 4.67. The first-order chi connectivity index (χ1) is 8.27. The summed E-state index contributed by atoms with van der Waals surface area (Å²) in [6.07, 6.45) is 6.07. The fourth-order valence-electron chi connectivity index (χ4n) is 2.40. The molecule has 0 saturated carbocycles. The molecule has 0 radical (unpaired) electrons. The van der Waals surface area contributed by atoms with Crippen LogP contribution < -0.4 is 0 Å². The maximum atomic E-state index is 11.9. The molecule has 1 fully saturated rings. The zero-order chi connectivity index (χ0) is 12.5. The van der Waals surface area contributed by atoms with Crippen LogP contribution in [0.4, 0.5) is 0 Å². The Morgan fingerprint density at radius 2 is 2.35 bits per heavy atom. The van der Waals surface area contributed by atoms with Gasteiger partial charge in [0.25, 0.3) is 0 Å². The van der Waals surface area contributed by atoms with Gasteiger partial charge < -0.3 is 4.90 Å². The van der Waals surface area contributed by atoms with Gasteiger partial charge in [-0.25, -0.2) is 0 Å². The number of carbonyl (C=O) groups excluding carboxylic acids is 1. The Morgan fingerprint density at radius 3 is 3.06 bits per heavy atom. The Labute approximate surface area is 103 Å². The molecule has 0 aromatic carbocycles. The molecular formula is C12H22N4O. The zero-order valence-electron chi connectivity index (χ0n) is 10.6. The molecule has 5 heteroatoms. The van der Waals surface area contributed by atoms with Crippen molar-refractivity contribution >= 4 is 5.91 Å². The SMILES string of the molecule is CCCC1CCC(=O)N(CCCN=[N+]=[N-])CC1. The lowest BCUT2D eigenvalue weighted by Gasteiger charge is -2.20. The molecule has 0 aliphatic carbocycles. The van der Waals surface area contributed by atoms with Gasteiger partial charge in [-0.2, -0.15) is 0 Å². The fraction of sp³-hybridized carbons (Fsp3) is 0.917. The summed E-state index contributed by atoms with van der Waals surface area (Å²) >= 11 is 0. The van der Waals surface area contributed by atoms with Crippen LogP contribution in [0.2, 0.25) is 0 Å². The topological polar surface area (TPSA) is 69.1 Å². The van der Waals surface area contributed by atoms with Gasteiger partial charge in [-0.3, -0.25) is 4.79 Å². The third kappa shape index (κ3) is 5.09. The second kappa shape index (κ2) is 7.96. The molecule has 0 aromatic rings. The normalized spacial score (nSPS) is 20.9. The van der Waals surface area contributed by atoms with Crippen LogP contribution in [0.3, 0.4) is 0 Å². The van der Waals surface area contributed by atoms with E-state index < -0.39 is 0 Å². The molecule has 0 bridgehead atoms. The predicted octanol–water partition coefficient (Wildman–Crippen LogP) is 3.12. The lowest BCUT2D eigenvalue weighted by atomic mass is 9.96. The first kappa shape index (κ1) is 13.8. The Bertz CT molecular complexity index is 286. The van der Waals surface area contributed by atoms with Crippen molar-refractivity contribution in [2.75, 3.05) is 19.6 Å². The molecule has 5 nitrogen and oxygen atoms in total. The van der Waals surface area contributed by atoms with Crippen molar-refractivity contribution in [2.24, 2.45) is 11.0 Å². The zero-order valence-corrected chi connectivity index (χ0v) is 10.6. The summed E-state index contributed by atoms with van der Waals surface area (Å²) in [6, 6.07) is 0. The van der Waals surface area contributed by atoms with Crippen LogP contribution in [0, 0.1) is 5.92 Å². The monoisotopic (exact) mass is 238 g/mol. The van der Waals surface area contributed by atoms with Gasteiger partial charge in [0.1, 0.15) is 0 Å². The smallest absolute Gasteiger partial charge is 0.222 e. The van der Waals surface area contributed by atoms with Crippen LogP contribution in [0.25, 0.3) is 10.4 Å². The number of hydrogen-bond donors (Lipinski definition) is 0. The summed E-state index contributed by atoms with van der Waals surface area (Å²) in [5, 5.41) is 3.49. The van der Waals surface area contributed by atoms with Crippen LogP contribution in [0.1, 0.15) is 45.4 Å². The van der Waals surface area contributed by atoms with E-state index in [0.717, 1.165) is 32.4 Å². The number of carbonyl (C=O) groups is 1. The van der Waals surface area contributed by atoms with E-state index in [1.165, 1.54) is 12.8 Å². The van der Waals surface area contributed by atoms with E-state index in [4.69, 9.17) is 5.53 Å². The summed E-state index contributed by atoms with van der Waals surface area (Å²) in [6.45, 7) is 4.29. The van der Waals surface area contributed by atoms with E-state index in [9.17, 15) is 4.79 Å². The predicted molar refractivity (Wildman–Crippen MR) is 67.5 cm³/mol. The minimum Gasteiger partial charge on any atom is -0.343 e. The van der Waals surface area contributed by atoms with E-state index in [-0.39, 0.29) is 5.91 Å². The standard InChI is InChI=1S/C12H22N4O/c1-2-4-11-5-6-12(17)16(10-7-11)9-3-8-14-15-13/h11H,2-10H2,1H3. The van der Waals surface area contributed by atoms with Gasteiger partial charge in [0.05, 0.1) is 0 Å². The van der Waals surface area contributed by atoms with Gasteiger partial charge in [0.15, 0.2) is 0 Å². The van der Waals surface area contributed by atoms with Crippen molar-refractivity contribution in [1.29, 1.82) is 0 Å². The summed E-state index contributed by atoms with van der Waals surface area (Å²) < 4.78 is 0. The minimum atomic E-state index is 0.268. The third-order valence-corrected chi connectivity index (χ3v) is 3.37. The van der Waals surface area contributed by atoms with Gasteiger partial charge in [-0.1, -0.05) is 24.9 Å². The molecule has 1 amide bonds. The van der Waals surface area contributed by atoms with Gasteiger partial charge in [-0.15, -0.1) is 0 Å². The highest BCUT2D eigenvalue weighted by molar-refractivity contribution is 5.76. The van der Waals surface area contributed by atoms with Crippen molar-refractivity contribution in [3.8, 4) is 0 Å². The van der Waals surface area contributed by atoms with Crippen LogP contribution in [0.5, 0.6) is 0 Å². The van der Waals surface area contributed by atoms with Crippen molar-refractivity contribution in [3.05, 3.63) is 10.4 Å². The van der Waals surface area contributed by atoms with Gasteiger partial charge in [0, 0.05) is 31.0 Å². The second-order valence-corrected chi connectivity index (χ2v) is 4.67. The molecule has 1 aliphatic heterocycles. The highest BCUT2D eigenvalue weighted by atomic mass is 16.2. The Hall–Kier alpha value is -1.22. The van der Waals surface area contributed by atoms with E-state index in [2.05, 4.69) is 16.9 Å². The highest BCUT2D eigenvalue weighted by Crippen LogP contribution is 2.22. The van der Waals surface area contributed by atoms with Crippen LogP contribution in [-0.4, -0.2) is 30.4 Å². The number of nitrogens with zero attached hydrogens (tertiary/aromatic N) is 4. The first-order valence-corrected chi connectivity index (χ1v) is 6.56. The van der Waals surface area contributed by atoms with Crippen LogP contribution in [-0.2, 0) is 4.79 Å². The molecule has 1 rings (SSSR count). The number of hydrogen-bond acceptors (Lipinski definition) is 2. The van der Waals surface area contributed by atoms with E-state index in [1.54, 1.807) is 0 Å². The van der Waals surface area contributed by atoms with Gasteiger partial charge >= 0.3 is 0 Å². The van der Waals surface area contributed by atoms with Gasteiger partial charge in [0.2, 0.25) is 5.91 Å². The Morgan fingerprint density at radius 1 is 1.53 bits per heavy atom. The van der Waals surface area contributed by atoms with Gasteiger partial charge in [-0.05, 0) is 30.7 Å². The number of amides is 1. The number of likely N-dealkylation sites (tertiary alicyclic amines) is 1. The molecule has 1 heterocycles. The lowest BCUT2D eigenvalue weighted by molar-refractivity contribution is -0.130. The molecule has 0 spiro atoms. The number of rotatable bonds is 6. The number of azide groups is 1.